The van der Waals surface area contributed by atoms with Crippen LogP contribution in [0.3, 0.4) is 0 Å². The molecule has 0 spiro atoms. The van der Waals surface area contributed by atoms with Gasteiger partial charge in [0.15, 0.2) is 0 Å². The Bertz CT molecular complexity index is 161. The number of ether oxygens (including phenoxy) is 2. The molecule has 0 bridgehead atoms. The Kier molecular flexibility index (Phi) is 2.35. The molecule has 2 rings (SSSR count). The zero-order valence-electron chi connectivity index (χ0n) is 7.82. The van der Waals surface area contributed by atoms with E-state index in [2.05, 4.69) is 18.7 Å². The summed E-state index contributed by atoms with van der Waals surface area (Å²) in [6.45, 7) is 8.03. The van der Waals surface area contributed by atoms with Gasteiger partial charge in [0.25, 0.3) is 0 Å². The molecule has 0 aromatic heterocycles. The summed E-state index contributed by atoms with van der Waals surface area (Å²) in [5, 5.41) is 0. The molecule has 2 fully saturated rings. The maximum absolute atomic E-state index is 5.62. The van der Waals surface area contributed by atoms with Crippen molar-refractivity contribution in [1.29, 1.82) is 0 Å². The van der Waals surface area contributed by atoms with E-state index >= 15 is 0 Å². The summed E-state index contributed by atoms with van der Waals surface area (Å²) in [5.41, 5.74) is 0. The molecule has 70 valence electrons. The fourth-order valence-electron chi connectivity index (χ4n) is 2.11. The minimum Gasteiger partial charge on any atom is -0.377 e. The third-order valence-corrected chi connectivity index (χ3v) is 2.77. The van der Waals surface area contributed by atoms with Crippen molar-refractivity contribution in [2.75, 3.05) is 26.4 Å². The number of rotatable bonds is 1. The highest BCUT2D eigenvalue weighted by Crippen LogP contribution is 2.22. The highest BCUT2D eigenvalue weighted by molar-refractivity contribution is 4.89. The molecule has 0 aliphatic carbocycles. The highest BCUT2D eigenvalue weighted by atomic mass is 16.6. The van der Waals surface area contributed by atoms with E-state index in [0.29, 0.717) is 18.2 Å². The Balaban J connectivity index is 2.03. The average molecular weight is 171 g/mol. The molecule has 12 heavy (non-hydrogen) atoms. The van der Waals surface area contributed by atoms with Crippen molar-refractivity contribution >= 4 is 0 Å². The van der Waals surface area contributed by atoms with Gasteiger partial charge in [0, 0.05) is 12.6 Å². The van der Waals surface area contributed by atoms with Gasteiger partial charge in [-0.25, -0.2) is 0 Å². The first-order valence-corrected chi connectivity index (χ1v) is 4.74. The van der Waals surface area contributed by atoms with Crippen LogP contribution in [0.15, 0.2) is 0 Å². The van der Waals surface area contributed by atoms with Gasteiger partial charge >= 0.3 is 0 Å². The number of nitrogens with zero attached hydrogens (tertiary/aromatic N) is 1. The highest BCUT2D eigenvalue weighted by Gasteiger charge is 2.37. The third-order valence-electron chi connectivity index (χ3n) is 2.77. The molecular formula is C9H17NO2. The smallest absolute Gasteiger partial charge is 0.0986 e. The molecular weight excluding hydrogens is 154 g/mol. The summed E-state index contributed by atoms with van der Waals surface area (Å²) in [7, 11) is 0. The molecule has 0 amide bonds. The van der Waals surface area contributed by atoms with Gasteiger partial charge in [-0.1, -0.05) is 0 Å². The lowest BCUT2D eigenvalue weighted by molar-refractivity contribution is -0.0588. The second kappa shape index (κ2) is 3.32. The second-order valence-corrected chi connectivity index (χ2v) is 3.85. The first kappa shape index (κ1) is 8.48. The normalized spacial score (nSPS) is 37.2. The minimum atomic E-state index is 0.334. The molecule has 2 saturated heterocycles. The third kappa shape index (κ3) is 1.37. The van der Waals surface area contributed by atoms with Crippen LogP contribution in [0.5, 0.6) is 0 Å². The number of morpholine rings is 1. The zero-order chi connectivity index (χ0) is 8.55. The summed E-state index contributed by atoms with van der Waals surface area (Å²) in [6.07, 6.45) is 0.334. The maximum Gasteiger partial charge on any atom is 0.0986 e. The molecule has 3 nitrogen and oxygen atoms in total. The Hall–Kier alpha value is -0.120. The van der Waals surface area contributed by atoms with Gasteiger partial charge in [-0.05, 0) is 13.8 Å². The lowest BCUT2D eigenvalue weighted by atomic mass is 10.1. The van der Waals surface area contributed by atoms with E-state index in [-0.39, 0.29) is 0 Å². The summed E-state index contributed by atoms with van der Waals surface area (Å²) >= 11 is 0. The quantitative estimate of drug-likeness (QED) is 0.573. The molecule has 0 radical (unpaired) electrons. The van der Waals surface area contributed by atoms with Crippen LogP contribution in [0, 0.1) is 0 Å². The van der Waals surface area contributed by atoms with E-state index in [1.807, 2.05) is 0 Å². The van der Waals surface area contributed by atoms with Gasteiger partial charge in [0.2, 0.25) is 0 Å². The molecule has 2 aliphatic heterocycles. The monoisotopic (exact) mass is 171 g/mol. The van der Waals surface area contributed by atoms with Crippen LogP contribution in [0.1, 0.15) is 13.8 Å². The standard InChI is InChI=1S/C9H17NO2/c1-7(2)10-3-4-12-9-6-11-5-8(9)10/h7-9H,3-6H2,1-2H3/t8-,9+/m1/s1. The SMILES string of the molecule is CC(C)N1CCO[C@H]2COC[C@H]21. The van der Waals surface area contributed by atoms with Gasteiger partial charge in [0.1, 0.15) is 0 Å². The molecule has 0 saturated carbocycles. The zero-order valence-corrected chi connectivity index (χ0v) is 7.82. The molecule has 0 unspecified atom stereocenters. The first-order chi connectivity index (χ1) is 5.79. The Morgan fingerprint density at radius 2 is 2.17 bits per heavy atom. The van der Waals surface area contributed by atoms with E-state index in [9.17, 15) is 0 Å². The van der Waals surface area contributed by atoms with Crippen molar-refractivity contribution in [3.63, 3.8) is 0 Å². The second-order valence-electron chi connectivity index (χ2n) is 3.85. The van der Waals surface area contributed by atoms with Crippen LogP contribution in [-0.2, 0) is 9.47 Å². The Morgan fingerprint density at radius 3 is 2.92 bits per heavy atom. The fraction of sp³-hybridized carbons (Fsp3) is 1.00. The van der Waals surface area contributed by atoms with E-state index < -0.39 is 0 Å². The largest absolute Gasteiger partial charge is 0.377 e. The van der Waals surface area contributed by atoms with Gasteiger partial charge in [-0.15, -0.1) is 0 Å². The summed E-state index contributed by atoms with van der Waals surface area (Å²) < 4.78 is 11.0. The van der Waals surface area contributed by atoms with Crippen molar-refractivity contribution in [3.05, 3.63) is 0 Å². The van der Waals surface area contributed by atoms with Crippen molar-refractivity contribution in [2.45, 2.75) is 32.0 Å². The molecule has 0 aromatic rings. The van der Waals surface area contributed by atoms with E-state index in [1.54, 1.807) is 0 Å². The molecule has 2 aliphatic rings. The number of hydrogen-bond acceptors (Lipinski definition) is 3. The molecule has 0 aromatic carbocycles. The summed E-state index contributed by atoms with van der Waals surface area (Å²) in [5.74, 6) is 0. The van der Waals surface area contributed by atoms with Crippen molar-refractivity contribution in [2.24, 2.45) is 0 Å². The maximum atomic E-state index is 5.62. The fourth-order valence-corrected chi connectivity index (χ4v) is 2.11. The van der Waals surface area contributed by atoms with Crippen LogP contribution in [0.2, 0.25) is 0 Å². The van der Waals surface area contributed by atoms with E-state index in [0.717, 1.165) is 26.4 Å². The lowest BCUT2D eigenvalue weighted by Crippen LogP contribution is -2.53. The van der Waals surface area contributed by atoms with Gasteiger partial charge in [-0.2, -0.15) is 0 Å². The first-order valence-electron chi connectivity index (χ1n) is 4.74. The topological polar surface area (TPSA) is 21.7 Å². The molecule has 2 heterocycles. The molecule has 2 atom stereocenters. The van der Waals surface area contributed by atoms with Crippen molar-refractivity contribution < 1.29 is 9.47 Å². The van der Waals surface area contributed by atoms with E-state index in [1.165, 1.54) is 0 Å². The Morgan fingerprint density at radius 1 is 1.33 bits per heavy atom. The van der Waals surface area contributed by atoms with Gasteiger partial charge in [0.05, 0.1) is 32.0 Å². The van der Waals surface area contributed by atoms with Gasteiger partial charge < -0.3 is 9.47 Å². The average Bonchev–Trinajstić information content (AvgIpc) is 2.49. The Labute approximate surface area is 73.6 Å². The summed E-state index contributed by atoms with van der Waals surface area (Å²) in [6, 6.07) is 1.13. The van der Waals surface area contributed by atoms with Gasteiger partial charge in [-0.3, -0.25) is 4.90 Å². The predicted molar refractivity (Wildman–Crippen MR) is 46.2 cm³/mol. The molecule has 3 heteroatoms. The number of fused-ring (bicyclic) bond motifs is 1. The molecule has 0 N–H and O–H groups in total. The predicted octanol–water partition coefficient (Wildman–Crippen LogP) is 0.494. The van der Waals surface area contributed by atoms with Crippen molar-refractivity contribution in [1.82, 2.24) is 4.90 Å². The van der Waals surface area contributed by atoms with Crippen LogP contribution < -0.4 is 0 Å². The minimum absolute atomic E-state index is 0.334. The van der Waals surface area contributed by atoms with Crippen LogP contribution in [-0.4, -0.2) is 49.5 Å². The van der Waals surface area contributed by atoms with Crippen LogP contribution >= 0.6 is 0 Å². The van der Waals surface area contributed by atoms with Crippen LogP contribution in [0.4, 0.5) is 0 Å². The van der Waals surface area contributed by atoms with Crippen molar-refractivity contribution in [3.8, 4) is 0 Å². The lowest BCUT2D eigenvalue weighted by Gasteiger charge is -2.38. The summed E-state index contributed by atoms with van der Waals surface area (Å²) in [4.78, 5) is 2.49. The van der Waals surface area contributed by atoms with Crippen LogP contribution in [0.25, 0.3) is 0 Å². The number of hydrogen-bond donors (Lipinski definition) is 0. The van der Waals surface area contributed by atoms with E-state index in [4.69, 9.17) is 9.47 Å².